The maximum Gasteiger partial charge on any atom is 0.107 e. The van der Waals surface area contributed by atoms with Crippen molar-refractivity contribution in [1.82, 2.24) is 0 Å². The molecule has 3 aromatic carbocycles. The topological polar surface area (TPSA) is 66.5 Å². The summed E-state index contributed by atoms with van der Waals surface area (Å²) in [5, 5.41) is 24.4. The van der Waals surface area contributed by atoms with E-state index in [0.29, 0.717) is 0 Å². The zero-order chi connectivity index (χ0) is 14.1. The van der Waals surface area contributed by atoms with Crippen molar-refractivity contribution in [3.63, 3.8) is 0 Å². The lowest BCUT2D eigenvalue weighted by Gasteiger charge is -2.19. The SMILES string of the molecule is NCC(O)C(O)c1cc2ccccc2c2ccccc12. The Morgan fingerprint density at radius 3 is 2.15 bits per heavy atom. The fourth-order valence-electron chi connectivity index (χ4n) is 2.66. The summed E-state index contributed by atoms with van der Waals surface area (Å²) in [4.78, 5) is 0. The summed E-state index contributed by atoms with van der Waals surface area (Å²) in [6.07, 6.45) is -1.94. The van der Waals surface area contributed by atoms with Crippen molar-refractivity contribution in [3.05, 3.63) is 60.2 Å². The Balaban J connectivity index is 2.34. The van der Waals surface area contributed by atoms with Crippen LogP contribution in [-0.4, -0.2) is 22.9 Å². The highest BCUT2D eigenvalue weighted by molar-refractivity contribution is 6.09. The number of aliphatic hydroxyl groups excluding tert-OH is 2. The van der Waals surface area contributed by atoms with E-state index in [4.69, 9.17) is 5.73 Å². The number of hydrogen-bond donors (Lipinski definition) is 3. The molecule has 0 spiro atoms. The van der Waals surface area contributed by atoms with Crippen LogP contribution in [0.15, 0.2) is 54.6 Å². The van der Waals surface area contributed by atoms with Gasteiger partial charge in [0.1, 0.15) is 6.10 Å². The zero-order valence-electron chi connectivity index (χ0n) is 11.0. The van der Waals surface area contributed by atoms with Crippen molar-refractivity contribution in [2.45, 2.75) is 12.2 Å². The first-order valence-corrected chi connectivity index (χ1v) is 6.69. The molecule has 0 heterocycles. The summed E-state index contributed by atoms with van der Waals surface area (Å²) in [7, 11) is 0. The van der Waals surface area contributed by atoms with Gasteiger partial charge in [0.05, 0.1) is 6.10 Å². The van der Waals surface area contributed by atoms with E-state index >= 15 is 0 Å². The average Bonchev–Trinajstić information content (AvgIpc) is 2.52. The Hall–Kier alpha value is -1.94. The molecule has 0 aromatic heterocycles. The molecule has 0 saturated heterocycles. The fourth-order valence-corrected chi connectivity index (χ4v) is 2.66. The molecule has 0 aliphatic rings. The first-order chi connectivity index (χ1) is 9.72. The molecule has 2 atom stereocenters. The maximum atomic E-state index is 10.3. The number of rotatable bonds is 3. The van der Waals surface area contributed by atoms with Crippen LogP contribution in [0.1, 0.15) is 11.7 Å². The van der Waals surface area contributed by atoms with E-state index in [1.807, 2.05) is 48.5 Å². The van der Waals surface area contributed by atoms with E-state index in [2.05, 4.69) is 6.07 Å². The van der Waals surface area contributed by atoms with E-state index in [0.717, 1.165) is 27.1 Å². The molecule has 3 rings (SSSR count). The van der Waals surface area contributed by atoms with Gasteiger partial charge in [0.15, 0.2) is 0 Å². The lowest BCUT2D eigenvalue weighted by Crippen LogP contribution is -2.27. The van der Waals surface area contributed by atoms with Crippen LogP contribution in [0.4, 0.5) is 0 Å². The first-order valence-electron chi connectivity index (χ1n) is 6.69. The van der Waals surface area contributed by atoms with Crippen LogP contribution in [0, 0.1) is 0 Å². The van der Waals surface area contributed by atoms with Crippen molar-refractivity contribution in [2.75, 3.05) is 6.54 Å². The zero-order valence-corrected chi connectivity index (χ0v) is 11.0. The molecule has 0 aliphatic carbocycles. The van der Waals surface area contributed by atoms with Gasteiger partial charge in [0, 0.05) is 6.54 Å². The van der Waals surface area contributed by atoms with Crippen molar-refractivity contribution in [3.8, 4) is 0 Å². The molecular weight excluding hydrogens is 250 g/mol. The highest BCUT2D eigenvalue weighted by atomic mass is 16.3. The predicted octanol–water partition coefficient (Wildman–Crippen LogP) is 2.35. The van der Waals surface area contributed by atoms with Crippen LogP contribution in [0.5, 0.6) is 0 Å². The molecule has 102 valence electrons. The van der Waals surface area contributed by atoms with Crippen molar-refractivity contribution >= 4 is 21.5 Å². The maximum absolute atomic E-state index is 10.3. The fraction of sp³-hybridized carbons (Fsp3) is 0.176. The Kier molecular flexibility index (Phi) is 3.40. The molecule has 3 aromatic rings. The lowest BCUT2D eigenvalue weighted by molar-refractivity contribution is 0.0253. The third kappa shape index (κ3) is 2.06. The number of fused-ring (bicyclic) bond motifs is 3. The summed E-state index contributed by atoms with van der Waals surface area (Å²) < 4.78 is 0. The molecule has 4 N–H and O–H groups in total. The van der Waals surface area contributed by atoms with Crippen LogP contribution in [0.25, 0.3) is 21.5 Å². The standard InChI is InChI=1S/C17H17NO2/c18-10-16(19)17(20)15-9-11-5-1-2-6-12(11)13-7-3-4-8-14(13)15/h1-9,16-17,19-20H,10,18H2. The highest BCUT2D eigenvalue weighted by Gasteiger charge is 2.20. The van der Waals surface area contributed by atoms with Crippen LogP contribution < -0.4 is 5.73 Å². The molecule has 2 unspecified atom stereocenters. The summed E-state index contributed by atoms with van der Waals surface area (Å²) in [6.45, 7) is 0.0301. The van der Waals surface area contributed by atoms with Crippen molar-refractivity contribution in [2.24, 2.45) is 5.73 Å². The van der Waals surface area contributed by atoms with Gasteiger partial charge in [-0.25, -0.2) is 0 Å². The van der Waals surface area contributed by atoms with E-state index in [9.17, 15) is 10.2 Å². The summed E-state index contributed by atoms with van der Waals surface area (Å²) in [6, 6.07) is 17.9. The minimum atomic E-state index is -0.977. The third-order valence-electron chi connectivity index (χ3n) is 3.72. The summed E-state index contributed by atoms with van der Waals surface area (Å²) in [5.74, 6) is 0. The Morgan fingerprint density at radius 1 is 0.850 bits per heavy atom. The van der Waals surface area contributed by atoms with Crippen molar-refractivity contribution < 1.29 is 10.2 Å². The van der Waals surface area contributed by atoms with E-state index < -0.39 is 12.2 Å². The smallest absolute Gasteiger partial charge is 0.107 e. The minimum absolute atomic E-state index is 0.0301. The lowest BCUT2D eigenvalue weighted by atomic mass is 9.93. The largest absolute Gasteiger partial charge is 0.389 e. The number of hydrogen-bond acceptors (Lipinski definition) is 3. The van der Waals surface area contributed by atoms with Gasteiger partial charge in [0.25, 0.3) is 0 Å². The monoisotopic (exact) mass is 267 g/mol. The minimum Gasteiger partial charge on any atom is -0.389 e. The van der Waals surface area contributed by atoms with Gasteiger partial charge in [-0.1, -0.05) is 48.5 Å². The van der Waals surface area contributed by atoms with Crippen molar-refractivity contribution in [1.29, 1.82) is 0 Å². The van der Waals surface area contributed by atoms with Crippen LogP contribution in [0.3, 0.4) is 0 Å². The van der Waals surface area contributed by atoms with Gasteiger partial charge in [-0.2, -0.15) is 0 Å². The predicted molar refractivity (Wildman–Crippen MR) is 81.5 cm³/mol. The number of nitrogens with two attached hydrogens (primary N) is 1. The van der Waals surface area contributed by atoms with Crippen LogP contribution in [0.2, 0.25) is 0 Å². The number of benzene rings is 3. The molecule has 0 radical (unpaired) electrons. The number of aliphatic hydroxyl groups is 2. The summed E-state index contributed by atoms with van der Waals surface area (Å²) >= 11 is 0. The molecule has 3 nitrogen and oxygen atoms in total. The van der Waals surface area contributed by atoms with Gasteiger partial charge < -0.3 is 15.9 Å². The molecule has 3 heteroatoms. The Bertz CT molecular complexity index is 754. The van der Waals surface area contributed by atoms with Gasteiger partial charge in [-0.05, 0) is 33.2 Å². The van der Waals surface area contributed by atoms with Gasteiger partial charge in [0.2, 0.25) is 0 Å². The third-order valence-corrected chi connectivity index (χ3v) is 3.72. The molecule has 20 heavy (non-hydrogen) atoms. The Labute approximate surface area is 117 Å². The molecule has 0 amide bonds. The van der Waals surface area contributed by atoms with Crippen LogP contribution in [-0.2, 0) is 0 Å². The van der Waals surface area contributed by atoms with E-state index in [1.165, 1.54) is 0 Å². The Morgan fingerprint density at radius 2 is 1.45 bits per heavy atom. The van der Waals surface area contributed by atoms with Gasteiger partial charge in [-0.3, -0.25) is 0 Å². The second-order valence-corrected chi connectivity index (χ2v) is 4.98. The first kappa shape index (κ1) is 13.1. The second kappa shape index (κ2) is 5.21. The normalized spacial score (nSPS) is 14.6. The molecule has 0 saturated carbocycles. The van der Waals surface area contributed by atoms with E-state index in [-0.39, 0.29) is 6.54 Å². The van der Waals surface area contributed by atoms with E-state index in [1.54, 1.807) is 0 Å². The average molecular weight is 267 g/mol. The van der Waals surface area contributed by atoms with Crippen LogP contribution >= 0.6 is 0 Å². The van der Waals surface area contributed by atoms with Gasteiger partial charge >= 0.3 is 0 Å². The quantitative estimate of drug-likeness (QED) is 0.638. The summed E-state index contributed by atoms with van der Waals surface area (Å²) in [5.41, 5.74) is 6.18. The molecule has 0 aliphatic heterocycles. The van der Waals surface area contributed by atoms with Gasteiger partial charge in [-0.15, -0.1) is 0 Å². The molecule has 0 bridgehead atoms. The highest BCUT2D eigenvalue weighted by Crippen LogP contribution is 2.32. The second-order valence-electron chi connectivity index (χ2n) is 4.98. The molecule has 0 fully saturated rings. The molecular formula is C17H17NO2.